The lowest BCUT2D eigenvalue weighted by atomic mass is 9.87. The zero-order valence-corrected chi connectivity index (χ0v) is 8.40. The minimum absolute atomic E-state index is 0.0286. The Morgan fingerprint density at radius 2 is 2.50 bits per heavy atom. The van der Waals surface area contributed by atoms with Crippen molar-refractivity contribution in [3.63, 3.8) is 0 Å². The van der Waals surface area contributed by atoms with Crippen LogP contribution in [0.3, 0.4) is 0 Å². The molecule has 0 aromatic rings. The minimum Gasteiger partial charge on any atom is -0.381 e. The van der Waals surface area contributed by atoms with Gasteiger partial charge in [0.1, 0.15) is 0 Å². The zero-order valence-electron chi connectivity index (χ0n) is 7.51. The van der Waals surface area contributed by atoms with Crippen molar-refractivity contribution in [3.05, 3.63) is 12.2 Å². The first-order valence-electron chi connectivity index (χ1n) is 4.20. The lowest BCUT2D eigenvalue weighted by molar-refractivity contribution is 0.0615. The van der Waals surface area contributed by atoms with Gasteiger partial charge in [-0.2, -0.15) is 12.6 Å². The molecule has 1 aliphatic rings. The second-order valence-electron chi connectivity index (χ2n) is 3.17. The molecular weight excluding hydrogens is 172 g/mol. The average Bonchev–Trinajstić information content (AvgIpc) is 2.45. The Labute approximate surface area is 79.3 Å². The predicted octanol–water partition coefficient (Wildman–Crippen LogP) is 1.53. The minimum atomic E-state index is -0.0286. The standard InChI is InChI=1S/C9H16O2S/c1-3-10-5-9(7-12)6-11-4-8(9)2/h12H,2-7H2,1H3. The third-order valence-corrected chi connectivity index (χ3v) is 2.90. The highest BCUT2D eigenvalue weighted by Gasteiger charge is 2.37. The van der Waals surface area contributed by atoms with Gasteiger partial charge in [0, 0.05) is 17.8 Å². The SMILES string of the molecule is C=C1COCC1(CS)COCC. The van der Waals surface area contributed by atoms with Crippen molar-refractivity contribution in [1.29, 1.82) is 0 Å². The number of rotatable bonds is 4. The van der Waals surface area contributed by atoms with Crippen molar-refractivity contribution in [3.8, 4) is 0 Å². The number of hydrogen-bond donors (Lipinski definition) is 1. The first-order chi connectivity index (χ1) is 5.75. The van der Waals surface area contributed by atoms with Gasteiger partial charge >= 0.3 is 0 Å². The van der Waals surface area contributed by atoms with Gasteiger partial charge in [-0.15, -0.1) is 0 Å². The van der Waals surface area contributed by atoms with Crippen LogP contribution in [0.4, 0.5) is 0 Å². The van der Waals surface area contributed by atoms with Crippen LogP contribution in [0, 0.1) is 5.41 Å². The quantitative estimate of drug-likeness (QED) is 0.533. The molecule has 0 spiro atoms. The van der Waals surface area contributed by atoms with E-state index in [2.05, 4.69) is 19.2 Å². The van der Waals surface area contributed by atoms with Crippen molar-refractivity contribution in [2.75, 3.05) is 32.2 Å². The van der Waals surface area contributed by atoms with Crippen LogP contribution in [-0.2, 0) is 9.47 Å². The Hall–Kier alpha value is 0.01000. The first-order valence-corrected chi connectivity index (χ1v) is 4.83. The summed E-state index contributed by atoms with van der Waals surface area (Å²) >= 11 is 4.31. The van der Waals surface area contributed by atoms with Gasteiger partial charge in [0.2, 0.25) is 0 Å². The third kappa shape index (κ3) is 1.84. The van der Waals surface area contributed by atoms with Crippen LogP contribution in [-0.4, -0.2) is 32.2 Å². The number of hydrogen-bond acceptors (Lipinski definition) is 3. The Morgan fingerprint density at radius 1 is 1.75 bits per heavy atom. The van der Waals surface area contributed by atoms with E-state index in [0.29, 0.717) is 19.8 Å². The Morgan fingerprint density at radius 3 is 2.92 bits per heavy atom. The van der Waals surface area contributed by atoms with Gasteiger partial charge in [0.05, 0.1) is 19.8 Å². The summed E-state index contributed by atoms with van der Waals surface area (Å²) in [6, 6.07) is 0. The fourth-order valence-electron chi connectivity index (χ4n) is 1.27. The average molecular weight is 188 g/mol. The Balaban J connectivity index is 2.55. The fraction of sp³-hybridized carbons (Fsp3) is 0.778. The highest BCUT2D eigenvalue weighted by Crippen LogP contribution is 2.34. The highest BCUT2D eigenvalue weighted by atomic mass is 32.1. The van der Waals surface area contributed by atoms with E-state index in [1.54, 1.807) is 0 Å². The van der Waals surface area contributed by atoms with Crippen LogP contribution >= 0.6 is 12.6 Å². The van der Waals surface area contributed by atoms with E-state index < -0.39 is 0 Å². The highest BCUT2D eigenvalue weighted by molar-refractivity contribution is 7.80. The largest absolute Gasteiger partial charge is 0.381 e. The van der Waals surface area contributed by atoms with Gasteiger partial charge in [0.25, 0.3) is 0 Å². The third-order valence-electron chi connectivity index (χ3n) is 2.29. The van der Waals surface area contributed by atoms with Gasteiger partial charge in [0.15, 0.2) is 0 Å². The van der Waals surface area contributed by atoms with Gasteiger partial charge in [-0.05, 0) is 12.5 Å². The van der Waals surface area contributed by atoms with Crippen molar-refractivity contribution in [2.45, 2.75) is 6.92 Å². The molecule has 0 bridgehead atoms. The molecule has 1 aliphatic heterocycles. The maximum Gasteiger partial charge on any atom is 0.0682 e. The van der Waals surface area contributed by atoms with Crippen LogP contribution in [0.25, 0.3) is 0 Å². The lowest BCUT2D eigenvalue weighted by Crippen LogP contribution is -2.31. The molecule has 0 aromatic heterocycles. The summed E-state index contributed by atoms with van der Waals surface area (Å²) in [6.07, 6.45) is 0. The zero-order chi connectivity index (χ0) is 9.03. The molecule has 1 heterocycles. The van der Waals surface area contributed by atoms with Crippen molar-refractivity contribution < 1.29 is 9.47 Å². The maximum absolute atomic E-state index is 5.39. The van der Waals surface area contributed by atoms with Gasteiger partial charge in [-0.25, -0.2) is 0 Å². The van der Waals surface area contributed by atoms with Gasteiger partial charge in [-0.3, -0.25) is 0 Å². The molecule has 12 heavy (non-hydrogen) atoms. The molecule has 1 atom stereocenters. The predicted molar refractivity (Wildman–Crippen MR) is 52.7 cm³/mol. The molecule has 1 fully saturated rings. The topological polar surface area (TPSA) is 18.5 Å². The summed E-state index contributed by atoms with van der Waals surface area (Å²) < 4.78 is 10.7. The molecule has 0 N–H and O–H groups in total. The van der Waals surface area contributed by atoms with E-state index in [0.717, 1.165) is 17.9 Å². The molecule has 0 aliphatic carbocycles. The summed E-state index contributed by atoms with van der Waals surface area (Å²) in [5.74, 6) is 0.756. The monoisotopic (exact) mass is 188 g/mol. The Bertz CT molecular complexity index is 170. The second-order valence-corrected chi connectivity index (χ2v) is 3.49. The van der Waals surface area contributed by atoms with Crippen LogP contribution in [0.1, 0.15) is 6.92 Å². The van der Waals surface area contributed by atoms with E-state index >= 15 is 0 Å². The summed E-state index contributed by atoms with van der Waals surface area (Å²) in [7, 11) is 0. The van der Waals surface area contributed by atoms with E-state index in [4.69, 9.17) is 9.47 Å². The summed E-state index contributed by atoms with van der Waals surface area (Å²) in [5.41, 5.74) is 1.09. The normalized spacial score (nSPS) is 29.7. The summed E-state index contributed by atoms with van der Waals surface area (Å²) in [5, 5.41) is 0. The summed E-state index contributed by atoms with van der Waals surface area (Å²) in [6.45, 7) is 8.76. The van der Waals surface area contributed by atoms with Crippen molar-refractivity contribution >= 4 is 12.6 Å². The Kier molecular flexibility index (Phi) is 3.62. The van der Waals surface area contributed by atoms with E-state index in [-0.39, 0.29) is 5.41 Å². The smallest absolute Gasteiger partial charge is 0.0682 e. The molecule has 0 radical (unpaired) electrons. The molecule has 70 valence electrons. The van der Waals surface area contributed by atoms with Gasteiger partial charge < -0.3 is 9.47 Å². The molecule has 1 rings (SSSR count). The van der Waals surface area contributed by atoms with Crippen LogP contribution in [0.5, 0.6) is 0 Å². The van der Waals surface area contributed by atoms with Gasteiger partial charge in [-0.1, -0.05) is 6.58 Å². The summed E-state index contributed by atoms with van der Waals surface area (Å²) in [4.78, 5) is 0. The molecule has 0 saturated carbocycles. The number of thiol groups is 1. The first kappa shape index (κ1) is 10.1. The molecule has 2 nitrogen and oxygen atoms in total. The van der Waals surface area contributed by atoms with Crippen LogP contribution in [0.2, 0.25) is 0 Å². The van der Waals surface area contributed by atoms with Crippen LogP contribution in [0.15, 0.2) is 12.2 Å². The number of ether oxygens (including phenoxy) is 2. The van der Waals surface area contributed by atoms with E-state index in [1.807, 2.05) is 6.92 Å². The molecular formula is C9H16O2S. The fourth-order valence-corrected chi connectivity index (χ4v) is 1.68. The van der Waals surface area contributed by atoms with E-state index in [1.165, 1.54) is 0 Å². The van der Waals surface area contributed by atoms with E-state index in [9.17, 15) is 0 Å². The molecule has 0 aromatic carbocycles. The molecule has 1 unspecified atom stereocenters. The molecule has 3 heteroatoms. The molecule has 1 saturated heterocycles. The van der Waals surface area contributed by atoms with Crippen molar-refractivity contribution in [2.24, 2.45) is 5.41 Å². The second kappa shape index (κ2) is 4.30. The van der Waals surface area contributed by atoms with Crippen molar-refractivity contribution in [1.82, 2.24) is 0 Å². The lowest BCUT2D eigenvalue weighted by Gasteiger charge is -2.25. The molecule has 0 amide bonds. The van der Waals surface area contributed by atoms with Crippen LogP contribution < -0.4 is 0 Å². The maximum atomic E-state index is 5.39.